The summed E-state index contributed by atoms with van der Waals surface area (Å²) < 4.78 is 9.58. The molecule has 2 aromatic rings. The summed E-state index contributed by atoms with van der Waals surface area (Å²) in [5.41, 5.74) is 0. The highest BCUT2D eigenvalue weighted by atomic mass is 32.1. The summed E-state index contributed by atoms with van der Waals surface area (Å²) in [6, 6.07) is 5.77. The second-order valence-electron chi connectivity index (χ2n) is 4.65. The van der Waals surface area contributed by atoms with E-state index in [0.29, 0.717) is 4.88 Å². The second kappa shape index (κ2) is 7.59. The van der Waals surface area contributed by atoms with Crippen LogP contribution < -0.4 is 10.6 Å². The molecule has 0 aliphatic carbocycles. The Morgan fingerprint density at radius 2 is 2.09 bits per heavy atom. The monoisotopic (exact) mass is 336 g/mol. The van der Waals surface area contributed by atoms with Crippen LogP contribution in [0.15, 0.2) is 34.9 Å². The normalized spacial score (nSPS) is 11.6. The molecule has 2 N–H and O–H groups in total. The predicted octanol–water partition coefficient (Wildman–Crippen LogP) is 1.56. The van der Waals surface area contributed by atoms with Gasteiger partial charge in [-0.3, -0.25) is 9.59 Å². The number of ether oxygens (including phenoxy) is 1. The third-order valence-electron chi connectivity index (χ3n) is 2.97. The molecule has 2 aromatic heterocycles. The van der Waals surface area contributed by atoms with Crippen LogP contribution >= 0.6 is 11.3 Å². The van der Waals surface area contributed by atoms with Crippen LogP contribution in [0.5, 0.6) is 0 Å². The minimum atomic E-state index is -0.715. The van der Waals surface area contributed by atoms with Crippen molar-refractivity contribution >= 4 is 29.1 Å². The highest BCUT2D eigenvalue weighted by Crippen LogP contribution is 2.17. The largest absolute Gasteiger partial charge is 0.465 e. The molecule has 122 valence electrons. The van der Waals surface area contributed by atoms with E-state index in [-0.39, 0.29) is 18.2 Å². The molecule has 0 radical (unpaired) electrons. The SMILES string of the molecule is COC(=O)c1ccc(CNC(=O)C(C)NC(=O)c2ccco2)s1. The van der Waals surface area contributed by atoms with Crippen molar-refractivity contribution < 1.29 is 23.5 Å². The zero-order valence-electron chi connectivity index (χ0n) is 12.6. The van der Waals surface area contributed by atoms with E-state index in [2.05, 4.69) is 15.4 Å². The Hall–Kier alpha value is -2.61. The van der Waals surface area contributed by atoms with Gasteiger partial charge in [0.15, 0.2) is 5.76 Å². The number of furan rings is 1. The Labute approximate surface area is 136 Å². The van der Waals surface area contributed by atoms with E-state index < -0.39 is 17.9 Å². The third kappa shape index (κ3) is 4.43. The number of amides is 2. The molecule has 0 aliphatic heterocycles. The highest BCUT2D eigenvalue weighted by molar-refractivity contribution is 7.13. The quantitative estimate of drug-likeness (QED) is 0.780. The number of methoxy groups -OCH3 is 1. The number of carbonyl (C=O) groups excluding carboxylic acids is 3. The first-order valence-corrected chi connectivity index (χ1v) is 7.62. The van der Waals surface area contributed by atoms with E-state index in [1.54, 1.807) is 25.1 Å². The van der Waals surface area contributed by atoms with E-state index in [1.807, 2.05) is 0 Å². The van der Waals surface area contributed by atoms with Crippen LogP contribution in [0, 0.1) is 0 Å². The zero-order valence-corrected chi connectivity index (χ0v) is 13.4. The van der Waals surface area contributed by atoms with Gasteiger partial charge in [0, 0.05) is 4.88 Å². The molecular formula is C15H16N2O5S. The average molecular weight is 336 g/mol. The van der Waals surface area contributed by atoms with Crippen molar-refractivity contribution in [3.8, 4) is 0 Å². The van der Waals surface area contributed by atoms with Gasteiger partial charge in [-0.1, -0.05) is 0 Å². The number of hydrogen-bond donors (Lipinski definition) is 2. The van der Waals surface area contributed by atoms with Crippen molar-refractivity contribution in [1.29, 1.82) is 0 Å². The predicted molar refractivity (Wildman–Crippen MR) is 83.1 cm³/mol. The maximum absolute atomic E-state index is 12.0. The van der Waals surface area contributed by atoms with Gasteiger partial charge >= 0.3 is 5.97 Å². The smallest absolute Gasteiger partial charge is 0.348 e. The van der Waals surface area contributed by atoms with Gasteiger partial charge in [0.1, 0.15) is 10.9 Å². The number of carbonyl (C=O) groups is 3. The minimum absolute atomic E-state index is 0.144. The maximum Gasteiger partial charge on any atom is 0.348 e. The molecular weight excluding hydrogens is 320 g/mol. The fourth-order valence-electron chi connectivity index (χ4n) is 1.75. The zero-order chi connectivity index (χ0) is 16.8. The molecule has 1 atom stereocenters. The van der Waals surface area contributed by atoms with Gasteiger partial charge in [0.2, 0.25) is 5.91 Å². The van der Waals surface area contributed by atoms with E-state index in [1.165, 1.54) is 30.8 Å². The Morgan fingerprint density at radius 1 is 1.30 bits per heavy atom. The number of nitrogens with one attached hydrogen (secondary N) is 2. The molecule has 23 heavy (non-hydrogen) atoms. The van der Waals surface area contributed by atoms with Crippen LogP contribution in [-0.4, -0.2) is 30.9 Å². The van der Waals surface area contributed by atoms with E-state index in [9.17, 15) is 14.4 Å². The standard InChI is InChI=1S/C15H16N2O5S/c1-9(17-14(19)11-4-3-7-22-11)13(18)16-8-10-5-6-12(23-10)15(20)21-2/h3-7,9H,8H2,1-2H3,(H,16,18)(H,17,19). The van der Waals surface area contributed by atoms with Crippen LogP contribution in [0.2, 0.25) is 0 Å². The van der Waals surface area contributed by atoms with Crippen molar-refractivity contribution in [3.05, 3.63) is 46.0 Å². The van der Waals surface area contributed by atoms with Gasteiger partial charge in [-0.05, 0) is 31.2 Å². The summed E-state index contributed by atoms with van der Waals surface area (Å²) in [7, 11) is 1.31. The average Bonchev–Trinajstić information content (AvgIpc) is 3.22. The fourth-order valence-corrected chi connectivity index (χ4v) is 2.62. The topological polar surface area (TPSA) is 97.6 Å². The lowest BCUT2D eigenvalue weighted by molar-refractivity contribution is -0.122. The molecule has 2 heterocycles. The molecule has 0 spiro atoms. The number of hydrogen-bond acceptors (Lipinski definition) is 6. The van der Waals surface area contributed by atoms with E-state index in [0.717, 1.165) is 4.88 Å². The van der Waals surface area contributed by atoms with E-state index >= 15 is 0 Å². The van der Waals surface area contributed by atoms with Crippen LogP contribution in [0.3, 0.4) is 0 Å². The summed E-state index contributed by atoms with van der Waals surface area (Å²) in [6.07, 6.45) is 1.38. The van der Waals surface area contributed by atoms with Crippen LogP contribution in [-0.2, 0) is 16.1 Å². The molecule has 8 heteroatoms. The van der Waals surface area contributed by atoms with Crippen molar-refractivity contribution in [3.63, 3.8) is 0 Å². The number of esters is 1. The lowest BCUT2D eigenvalue weighted by atomic mass is 10.3. The first-order valence-electron chi connectivity index (χ1n) is 6.80. The summed E-state index contributed by atoms with van der Waals surface area (Å²) in [5.74, 6) is -1.06. The van der Waals surface area contributed by atoms with Crippen LogP contribution in [0.1, 0.15) is 32.0 Å². The van der Waals surface area contributed by atoms with Gasteiger partial charge in [0.05, 0.1) is 19.9 Å². The highest BCUT2D eigenvalue weighted by Gasteiger charge is 2.18. The molecule has 7 nitrogen and oxygen atoms in total. The van der Waals surface area contributed by atoms with Crippen LogP contribution in [0.25, 0.3) is 0 Å². The summed E-state index contributed by atoms with van der Waals surface area (Å²) in [4.78, 5) is 36.4. The minimum Gasteiger partial charge on any atom is -0.465 e. The Bertz CT molecular complexity index is 693. The third-order valence-corrected chi connectivity index (χ3v) is 4.04. The number of thiophene rings is 1. The lowest BCUT2D eigenvalue weighted by Crippen LogP contribution is -2.44. The Balaban J connectivity index is 1.83. The molecule has 2 rings (SSSR count). The van der Waals surface area contributed by atoms with Crippen molar-refractivity contribution in [1.82, 2.24) is 10.6 Å². The summed E-state index contributed by atoms with van der Waals surface area (Å²) in [6.45, 7) is 1.84. The summed E-state index contributed by atoms with van der Waals surface area (Å²) in [5, 5.41) is 5.23. The number of rotatable bonds is 6. The van der Waals surface area contributed by atoms with E-state index in [4.69, 9.17) is 4.42 Å². The first kappa shape index (κ1) is 16.8. The molecule has 2 amide bonds. The van der Waals surface area contributed by atoms with Crippen molar-refractivity contribution in [2.75, 3.05) is 7.11 Å². The summed E-state index contributed by atoms with van der Waals surface area (Å²) >= 11 is 1.24. The lowest BCUT2D eigenvalue weighted by Gasteiger charge is -2.12. The molecule has 0 aromatic carbocycles. The van der Waals surface area contributed by atoms with Gasteiger partial charge < -0.3 is 19.8 Å². The molecule has 1 unspecified atom stereocenters. The van der Waals surface area contributed by atoms with Crippen molar-refractivity contribution in [2.24, 2.45) is 0 Å². The van der Waals surface area contributed by atoms with Crippen molar-refractivity contribution in [2.45, 2.75) is 19.5 Å². The van der Waals surface area contributed by atoms with Gasteiger partial charge in [-0.25, -0.2) is 4.79 Å². The molecule has 0 saturated heterocycles. The fraction of sp³-hybridized carbons (Fsp3) is 0.267. The second-order valence-corrected chi connectivity index (χ2v) is 5.82. The van der Waals surface area contributed by atoms with Crippen LogP contribution in [0.4, 0.5) is 0 Å². The molecule has 0 aliphatic rings. The maximum atomic E-state index is 12.0. The Morgan fingerprint density at radius 3 is 2.74 bits per heavy atom. The first-order chi connectivity index (χ1) is 11.0. The molecule has 0 fully saturated rings. The van der Waals surface area contributed by atoms with Gasteiger partial charge in [-0.2, -0.15) is 0 Å². The van der Waals surface area contributed by atoms with Gasteiger partial charge in [0.25, 0.3) is 5.91 Å². The Kier molecular flexibility index (Phi) is 5.53. The van der Waals surface area contributed by atoms with Gasteiger partial charge in [-0.15, -0.1) is 11.3 Å². The molecule has 0 saturated carbocycles. The molecule has 0 bridgehead atoms.